The van der Waals surface area contributed by atoms with Gasteiger partial charge in [0.1, 0.15) is 13.2 Å². The van der Waals surface area contributed by atoms with Gasteiger partial charge in [0.2, 0.25) is 0 Å². The Labute approximate surface area is 390 Å². The van der Waals surface area contributed by atoms with Gasteiger partial charge in [0.05, 0.1) is 0 Å². The first-order valence-electron chi connectivity index (χ1n) is 26.8. The van der Waals surface area contributed by atoms with Gasteiger partial charge >= 0.3 is 17.9 Å². The Kier molecular flexibility index (Phi) is 49.4. The molecule has 0 N–H and O–H groups in total. The van der Waals surface area contributed by atoms with Gasteiger partial charge in [-0.2, -0.15) is 0 Å². The van der Waals surface area contributed by atoms with E-state index in [0.717, 1.165) is 77.0 Å². The summed E-state index contributed by atoms with van der Waals surface area (Å²) in [6.45, 7) is 6.56. The summed E-state index contributed by atoms with van der Waals surface area (Å²) >= 11 is 0. The van der Waals surface area contributed by atoms with Crippen molar-refractivity contribution in [3.8, 4) is 0 Å². The lowest BCUT2D eigenvalue weighted by Gasteiger charge is -2.18. The number of ether oxygens (including phenoxy) is 3. The van der Waals surface area contributed by atoms with Crippen LogP contribution in [-0.4, -0.2) is 37.2 Å². The molecule has 6 heteroatoms. The highest BCUT2D eigenvalue weighted by Gasteiger charge is 2.19. The van der Waals surface area contributed by atoms with Crippen molar-refractivity contribution in [2.75, 3.05) is 13.2 Å². The molecule has 0 aliphatic carbocycles. The summed E-state index contributed by atoms with van der Waals surface area (Å²) in [4.78, 5) is 38.0. The summed E-state index contributed by atoms with van der Waals surface area (Å²) < 4.78 is 16.8. The van der Waals surface area contributed by atoms with Crippen LogP contribution in [0.4, 0.5) is 0 Å². The molecule has 0 radical (unpaired) electrons. The molecular formula is C57H100O6. The number of hydrogen-bond acceptors (Lipinski definition) is 6. The Hall–Kier alpha value is -2.89. The molecule has 364 valence electrons. The van der Waals surface area contributed by atoms with E-state index < -0.39 is 6.10 Å². The van der Waals surface area contributed by atoms with Crippen molar-refractivity contribution in [2.45, 2.75) is 271 Å². The monoisotopic (exact) mass is 881 g/mol. The second kappa shape index (κ2) is 51.7. The summed E-state index contributed by atoms with van der Waals surface area (Å²) in [6, 6.07) is 0. The average Bonchev–Trinajstić information content (AvgIpc) is 3.28. The molecule has 0 amide bonds. The predicted octanol–water partition coefficient (Wildman–Crippen LogP) is 17.6. The zero-order valence-electron chi connectivity index (χ0n) is 41.6. The molecule has 0 aliphatic heterocycles. The molecule has 0 aromatic carbocycles. The van der Waals surface area contributed by atoms with Crippen LogP contribution in [0.2, 0.25) is 0 Å². The van der Waals surface area contributed by atoms with Gasteiger partial charge in [-0.05, 0) is 89.9 Å². The van der Waals surface area contributed by atoms with Crippen molar-refractivity contribution >= 4 is 17.9 Å². The molecular weight excluding hydrogens is 781 g/mol. The van der Waals surface area contributed by atoms with E-state index in [0.29, 0.717) is 19.3 Å². The smallest absolute Gasteiger partial charge is 0.306 e. The van der Waals surface area contributed by atoms with Gasteiger partial charge in [-0.25, -0.2) is 0 Å². The third-order valence-electron chi connectivity index (χ3n) is 11.5. The zero-order valence-corrected chi connectivity index (χ0v) is 41.6. The van der Waals surface area contributed by atoms with Gasteiger partial charge in [-0.3, -0.25) is 14.4 Å². The largest absolute Gasteiger partial charge is 0.462 e. The van der Waals surface area contributed by atoms with Crippen LogP contribution >= 0.6 is 0 Å². The first kappa shape index (κ1) is 60.1. The van der Waals surface area contributed by atoms with E-state index in [4.69, 9.17) is 14.2 Å². The normalized spacial score (nSPS) is 12.5. The molecule has 1 atom stereocenters. The number of esters is 3. The van der Waals surface area contributed by atoms with E-state index in [1.165, 1.54) is 141 Å². The van der Waals surface area contributed by atoms with Crippen molar-refractivity contribution in [1.29, 1.82) is 0 Å². The lowest BCUT2D eigenvalue weighted by Crippen LogP contribution is -2.30. The molecule has 0 unspecified atom stereocenters. The predicted molar refractivity (Wildman–Crippen MR) is 270 cm³/mol. The van der Waals surface area contributed by atoms with Crippen LogP contribution in [0.1, 0.15) is 265 Å². The third-order valence-corrected chi connectivity index (χ3v) is 11.5. The quantitative estimate of drug-likeness (QED) is 0.0262. The van der Waals surface area contributed by atoms with Crippen molar-refractivity contribution in [1.82, 2.24) is 0 Å². The van der Waals surface area contributed by atoms with Crippen LogP contribution in [0.5, 0.6) is 0 Å². The zero-order chi connectivity index (χ0) is 45.8. The molecule has 0 bridgehead atoms. The number of unbranched alkanes of at least 4 members (excludes halogenated alkanes) is 27. The van der Waals surface area contributed by atoms with Gasteiger partial charge in [0, 0.05) is 19.3 Å². The van der Waals surface area contributed by atoms with E-state index in [2.05, 4.69) is 81.5 Å². The molecule has 63 heavy (non-hydrogen) atoms. The fourth-order valence-corrected chi connectivity index (χ4v) is 7.42. The van der Waals surface area contributed by atoms with E-state index in [9.17, 15) is 14.4 Å². The first-order chi connectivity index (χ1) is 31.0. The summed E-state index contributed by atoms with van der Waals surface area (Å²) in [5, 5.41) is 0. The minimum atomic E-state index is -0.795. The van der Waals surface area contributed by atoms with Crippen molar-refractivity contribution < 1.29 is 28.6 Å². The Morgan fingerprint density at radius 1 is 0.317 bits per heavy atom. The molecule has 0 saturated carbocycles. The SMILES string of the molecule is CCCCC/C=C\C/C=C\C/C=C\CCCCC(=O)O[C@@H](COC(=O)CCCCCCCCC/C=C\C/C=C\CCCCC)COC(=O)CCCCCCCCCCCCCCC. The number of rotatable bonds is 48. The Morgan fingerprint density at radius 2 is 0.571 bits per heavy atom. The Morgan fingerprint density at radius 3 is 0.952 bits per heavy atom. The van der Waals surface area contributed by atoms with Crippen molar-refractivity contribution in [2.24, 2.45) is 0 Å². The van der Waals surface area contributed by atoms with E-state index in [1.54, 1.807) is 0 Å². The lowest BCUT2D eigenvalue weighted by atomic mass is 10.0. The fourth-order valence-electron chi connectivity index (χ4n) is 7.42. The number of carbonyl (C=O) groups is 3. The average molecular weight is 881 g/mol. The molecule has 6 nitrogen and oxygen atoms in total. The minimum Gasteiger partial charge on any atom is -0.462 e. The molecule has 0 aromatic heterocycles. The molecule has 0 spiro atoms. The summed E-state index contributed by atoms with van der Waals surface area (Å²) in [5.74, 6) is -0.930. The maximum atomic E-state index is 12.8. The highest BCUT2D eigenvalue weighted by molar-refractivity contribution is 5.71. The number of hydrogen-bond donors (Lipinski definition) is 0. The second-order valence-corrected chi connectivity index (χ2v) is 17.8. The minimum absolute atomic E-state index is 0.0901. The molecule has 0 fully saturated rings. The van der Waals surface area contributed by atoms with Crippen LogP contribution in [0.15, 0.2) is 60.8 Å². The topological polar surface area (TPSA) is 78.9 Å². The molecule has 0 heterocycles. The van der Waals surface area contributed by atoms with Gasteiger partial charge in [0.15, 0.2) is 6.10 Å². The van der Waals surface area contributed by atoms with Crippen LogP contribution in [-0.2, 0) is 28.6 Å². The molecule has 0 rings (SSSR count). The van der Waals surface area contributed by atoms with Crippen LogP contribution in [0.3, 0.4) is 0 Å². The highest BCUT2D eigenvalue weighted by Crippen LogP contribution is 2.15. The van der Waals surface area contributed by atoms with Crippen LogP contribution in [0, 0.1) is 0 Å². The summed E-state index contributed by atoms with van der Waals surface area (Å²) in [7, 11) is 0. The van der Waals surface area contributed by atoms with Gasteiger partial charge in [0.25, 0.3) is 0 Å². The summed E-state index contributed by atoms with van der Waals surface area (Å²) in [6.07, 6.45) is 63.4. The van der Waals surface area contributed by atoms with Gasteiger partial charge in [-0.1, -0.05) is 216 Å². The maximum absolute atomic E-state index is 12.8. The maximum Gasteiger partial charge on any atom is 0.306 e. The molecule has 0 aliphatic rings. The Bertz CT molecular complexity index is 1150. The highest BCUT2D eigenvalue weighted by atomic mass is 16.6. The van der Waals surface area contributed by atoms with E-state index in [1.807, 2.05) is 0 Å². The van der Waals surface area contributed by atoms with Crippen LogP contribution in [0.25, 0.3) is 0 Å². The molecule has 0 saturated heterocycles. The molecule has 0 aromatic rings. The lowest BCUT2D eigenvalue weighted by molar-refractivity contribution is -0.167. The second-order valence-electron chi connectivity index (χ2n) is 17.8. The van der Waals surface area contributed by atoms with E-state index in [-0.39, 0.29) is 37.5 Å². The van der Waals surface area contributed by atoms with Crippen molar-refractivity contribution in [3.05, 3.63) is 60.8 Å². The van der Waals surface area contributed by atoms with E-state index >= 15 is 0 Å². The van der Waals surface area contributed by atoms with Crippen LogP contribution < -0.4 is 0 Å². The summed E-state index contributed by atoms with van der Waals surface area (Å²) in [5.41, 5.74) is 0. The third kappa shape index (κ3) is 50.0. The fraction of sp³-hybridized carbons (Fsp3) is 0.772. The van der Waals surface area contributed by atoms with Crippen molar-refractivity contribution in [3.63, 3.8) is 0 Å². The van der Waals surface area contributed by atoms with Gasteiger partial charge < -0.3 is 14.2 Å². The number of allylic oxidation sites excluding steroid dienone is 10. The Balaban J connectivity index is 4.43. The standard InChI is InChI=1S/C57H100O6/c1-4-7-10-13-16-19-22-25-27-28-30-32-35-38-41-44-47-50-56(59)62-53-54(52-61-55(58)49-46-43-40-37-34-31-24-21-18-15-12-9-6-3)63-57(60)51-48-45-42-39-36-33-29-26-23-20-17-14-11-8-5-2/h16-17,19-20,25-27,29,36,39,54H,4-15,18,21-24,28,30-35,37-38,40-53H2,1-3H3/b19-16-,20-17-,27-25-,29-26-,39-36-/t54-/m1/s1. The first-order valence-corrected chi connectivity index (χ1v) is 26.8. The van der Waals surface area contributed by atoms with Gasteiger partial charge in [-0.15, -0.1) is 0 Å². The number of carbonyl (C=O) groups excluding carboxylic acids is 3.